The lowest BCUT2D eigenvalue weighted by atomic mass is 10.1. The minimum Gasteiger partial charge on any atom is -0.478 e. The molecule has 5 nitrogen and oxygen atoms in total. The number of carboxylic acid groups (broad SMARTS) is 1. The van der Waals surface area contributed by atoms with Crippen molar-refractivity contribution in [2.24, 2.45) is 0 Å². The van der Waals surface area contributed by atoms with Crippen LogP contribution in [-0.2, 0) is 0 Å². The number of aromatic carboxylic acids is 1. The highest BCUT2D eigenvalue weighted by Crippen LogP contribution is 2.20. The molecule has 2 N–H and O–H groups in total. The van der Waals surface area contributed by atoms with Crippen molar-refractivity contribution in [1.82, 2.24) is 0 Å². The lowest BCUT2D eigenvalue weighted by Crippen LogP contribution is -2.13. The van der Waals surface area contributed by atoms with E-state index in [1.54, 1.807) is 24.3 Å². The van der Waals surface area contributed by atoms with E-state index in [2.05, 4.69) is 5.32 Å². The molecule has 6 heteroatoms. The molecule has 0 saturated heterocycles. The van der Waals surface area contributed by atoms with E-state index in [0.29, 0.717) is 11.3 Å². The number of nitrogens with one attached hydrogen (secondary N) is 1. The Morgan fingerprint density at radius 2 is 1.81 bits per heavy atom. The Bertz CT molecular complexity index is 749. The quantitative estimate of drug-likeness (QED) is 0.911. The number of hydrogen-bond acceptors (Lipinski definition) is 3. The largest absolute Gasteiger partial charge is 0.478 e. The minimum atomic E-state index is -1.11. The van der Waals surface area contributed by atoms with Crippen molar-refractivity contribution < 1.29 is 14.7 Å². The zero-order chi connectivity index (χ0) is 15.4. The second kappa shape index (κ2) is 6.07. The number of hydrogen-bond donors (Lipinski definition) is 2. The summed E-state index contributed by atoms with van der Waals surface area (Å²) in [6.07, 6.45) is 0. The van der Waals surface area contributed by atoms with Crippen molar-refractivity contribution in [3.63, 3.8) is 0 Å². The van der Waals surface area contributed by atoms with Crippen LogP contribution in [0.5, 0.6) is 0 Å². The Kier molecular flexibility index (Phi) is 4.21. The maximum absolute atomic E-state index is 12.1. The number of carboxylic acids is 1. The molecule has 0 unspecified atom stereocenters. The van der Waals surface area contributed by atoms with Crippen LogP contribution in [0.3, 0.4) is 0 Å². The third kappa shape index (κ3) is 3.38. The molecule has 2 rings (SSSR count). The van der Waals surface area contributed by atoms with Gasteiger partial charge in [-0.1, -0.05) is 11.6 Å². The van der Waals surface area contributed by atoms with Gasteiger partial charge in [0.25, 0.3) is 5.91 Å². The first kappa shape index (κ1) is 14.6. The van der Waals surface area contributed by atoms with Crippen molar-refractivity contribution in [3.8, 4) is 6.07 Å². The third-order valence-electron chi connectivity index (χ3n) is 2.73. The van der Waals surface area contributed by atoms with Crippen molar-refractivity contribution >= 4 is 29.2 Å². The van der Waals surface area contributed by atoms with Gasteiger partial charge in [0.2, 0.25) is 0 Å². The first-order valence-electron chi connectivity index (χ1n) is 5.85. The lowest BCUT2D eigenvalue weighted by molar-refractivity contribution is 0.0696. The summed E-state index contributed by atoms with van der Waals surface area (Å²) in [7, 11) is 0. The molecular formula is C15H9ClN2O3. The zero-order valence-electron chi connectivity index (χ0n) is 10.6. The third-order valence-corrected chi connectivity index (χ3v) is 3.05. The van der Waals surface area contributed by atoms with E-state index in [1.807, 2.05) is 6.07 Å². The topological polar surface area (TPSA) is 90.2 Å². The Labute approximate surface area is 125 Å². The maximum Gasteiger partial charge on any atom is 0.335 e. The molecule has 0 bridgehead atoms. The monoisotopic (exact) mass is 300 g/mol. The second-order valence-corrected chi connectivity index (χ2v) is 4.55. The van der Waals surface area contributed by atoms with Gasteiger partial charge in [0.15, 0.2) is 0 Å². The van der Waals surface area contributed by atoms with E-state index < -0.39 is 11.9 Å². The molecule has 0 aliphatic carbocycles. The van der Waals surface area contributed by atoms with E-state index in [-0.39, 0.29) is 16.1 Å². The SMILES string of the molecule is N#Cc1ccc(NC(=O)c2ccc(C(=O)O)cc2Cl)cc1. The van der Waals surface area contributed by atoms with Crippen molar-refractivity contribution in [3.05, 3.63) is 64.2 Å². The number of carbonyl (C=O) groups excluding carboxylic acids is 1. The van der Waals surface area contributed by atoms with Gasteiger partial charge in [-0.3, -0.25) is 4.79 Å². The number of anilines is 1. The Hall–Kier alpha value is -2.84. The molecule has 0 fully saturated rings. The molecule has 0 aliphatic rings. The van der Waals surface area contributed by atoms with Gasteiger partial charge in [0.1, 0.15) is 0 Å². The van der Waals surface area contributed by atoms with Gasteiger partial charge < -0.3 is 10.4 Å². The van der Waals surface area contributed by atoms with Gasteiger partial charge in [-0.2, -0.15) is 5.26 Å². The maximum atomic E-state index is 12.1. The normalized spacial score (nSPS) is 9.71. The molecule has 0 heterocycles. The van der Waals surface area contributed by atoms with E-state index in [0.717, 1.165) is 0 Å². The van der Waals surface area contributed by atoms with Gasteiger partial charge >= 0.3 is 5.97 Å². The average molecular weight is 301 g/mol. The van der Waals surface area contributed by atoms with Gasteiger partial charge in [-0.25, -0.2) is 4.79 Å². The number of nitriles is 1. The summed E-state index contributed by atoms with van der Waals surface area (Å²) >= 11 is 5.92. The van der Waals surface area contributed by atoms with Crippen molar-refractivity contribution in [2.75, 3.05) is 5.32 Å². The molecule has 0 spiro atoms. The highest BCUT2D eigenvalue weighted by Gasteiger charge is 2.13. The molecular weight excluding hydrogens is 292 g/mol. The number of amides is 1. The smallest absolute Gasteiger partial charge is 0.335 e. The summed E-state index contributed by atoms with van der Waals surface area (Å²) in [6, 6.07) is 12.2. The fraction of sp³-hybridized carbons (Fsp3) is 0. The van der Waals surface area contributed by atoms with Crippen LogP contribution in [0.25, 0.3) is 0 Å². The Morgan fingerprint density at radius 3 is 2.33 bits per heavy atom. The van der Waals surface area contributed by atoms with E-state index >= 15 is 0 Å². The fourth-order valence-electron chi connectivity index (χ4n) is 1.66. The van der Waals surface area contributed by atoms with Crippen LogP contribution in [-0.4, -0.2) is 17.0 Å². The number of carbonyl (C=O) groups is 2. The van der Waals surface area contributed by atoms with Gasteiger partial charge in [0, 0.05) is 5.69 Å². The summed E-state index contributed by atoms with van der Waals surface area (Å²) < 4.78 is 0. The van der Waals surface area contributed by atoms with Crippen LogP contribution in [0, 0.1) is 11.3 Å². The van der Waals surface area contributed by atoms with Gasteiger partial charge in [0.05, 0.1) is 27.8 Å². The van der Waals surface area contributed by atoms with Crippen LogP contribution < -0.4 is 5.32 Å². The molecule has 1 amide bonds. The summed E-state index contributed by atoms with van der Waals surface area (Å²) in [4.78, 5) is 22.9. The van der Waals surface area contributed by atoms with E-state index in [1.165, 1.54) is 18.2 Å². The summed E-state index contributed by atoms with van der Waals surface area (Å²) in [5.74, 6) is -1.57. The number of benzene rings is 2. The Balaban J connectivity index is 2.20. The van der Waals surface area contributed by atoms with E-state index in [4.69, 9.17) is 22.0 Å². The van der Waals surface area contributed by atoms with Gasteiger partial charge in [-0.05, 0) is 42.5 Å². The minimum absolute atomic E-state index is 0.00919. The van der Waals surface area contributed by atoms with E-state index in [9.17, 15) is 9.59 Å². The number of rotatable bonds is 3. The molecule has 0 aromatic heterocycles. The van der Waals surface area contributed by atoms with Crippen LogP contribution in [0.4, 0.5) is 5.69 Å². The highest BCUT2D eigenvalue weighted by atomic mass is 35.5. The van der Waals surface area contributed by atoms with Crippen molar-refractivity contribution in [2.45, 2.75) is 0 Å². The molecule has 0 aliphatic heterocycles. The highest BCUT2D eigenvalue weighted by molar-refractivity contribution is 6.34. The molecule has 21 heavy (non-hydrogen) atoms. The van der Waals surface area contributed by atoms with Gasteiger partial charge in [-0.15, -0.1) is 0 Å². The van der Waals surface area contributed by atoms with Crippen LogP contribution in [0.1, 0.15) is 26.3 Å². The molecule has 2 aromatic rings. The fourth-order valence-corrected chi connectivity index (χ4v) is 1.93. The number of nitrogens with zero attached hydrogens (tertiary/aromatic N) is 1. The van der Waals surface area contributed by atoms with Crippen molar-refractivity contribution in [1.29, 1.82) is 5.26 Å². The predicted molar refractivity (Wildman–Crippen MR) is 77.5 cm³/mol. The summed E-state index contributed by atoms with van der Waals surface area (Å²) in [5, 5.41) is 20.2. The molecule has 0 saturated carbocycles. The average Bonchev–Trinajstić information content (AvgIpc) is 2.47. The molecule has 104 valence electrons. The summed E-state index contributed by atoms with van der Waals surface area (Å²) in [5.41, 5.74) is 1.18. The Morgan fingerprint density at radius 1 is 1.14 bits per heavy atom. The lowest BCUT2D eigenvalue weighted by Gasteiger charge is -2.07. The first-order valence-corrected chi connectivity index (χ1v) is 6.23. The van der Waals surface area contributed by atoms with Crippen LogP contribution in [0.2, 0.25) is 5.02 Å². The van der Waals surface area contributed by atoms with Crippen LogP contribution >= 0.6 is 11.6 Å². The predicted octanol–water partition coefficient (Wildman–Crippen LogP) is 3.16. The molecule has 0 radical (unpaired) electrons. The molecule has 2 aromatic carbocycles. The second-order valence-electron chi connectivity index (χ2n) is 4.14. The first-order chi connectivity index (χ1) is 10.0. The molecule has 0 atom stereocenters. The summed E-state index contributed by atoms with van der Waals surface area (Å²) in [6.45, 7) is 0. The standard InChI is InChI=1S/C15H9ClN2O3/c16-13-7-10(15(20)21)3-6-12(13)14(19)18-11-4-1-9(8-17)2-5-11/h1-7H,(H,18,19)(H,20,21). The zero-order valence-corrected chi connectivity index (χ0v) is 11.4. The van der Waals surface area contributed by atoms with Crippen LogP contribution in [0.15, 0.2) is 42.5 Å². The number of halogens is 1.